The average molecular weight is 281 g/mol. The van der Waals surface area contributed by atoms with Crippen LogP contribution in [0.4, 0.5) is 0 Å². The summed E-state index contributed by atoms with van der Waals surface area (Å²) >= 11 is 6.07. The Morgan fingerprint density at radius 3 is 3.00 bits per heavy atom. The standard InChI is InChI=1S/C16H25ClN2/c1-2-15(18)11-16-8-3-4-9-19(16)12-13-6-5-7-14(17)10-13/h5-7,10,15-16H,2-4,8-9,11-12,18H2,1H3. The Hall–Kier alpha value is -0.570. The Kier molecular flexibility index (Phi) is 5.68. The molecule has 1 saturated heterocycles. The van der Waals surface area contributed by atoms with Gasteiger partial charge < -0.3 is 5.73 Å². The molecule has 1 heterocycles. The number of hydrogen-bond donors (Lipinski definition) is 1. The van der Waals surface area contributed by atoms with Crippen molar-refractivity contribution in [2.75, 3.05) is 6.54 Å². The van der Waals surface area contributed by atoms with Crippen LogP contribution in [-0.4, -0.2) is 23.5 Å². The van der Waals surface area contributed by atoms with Gasteiger partial charge in [-0.05, 0) is 49.9 Å². The SMILES string of the molecule is CCC(N)CC1CCCCN1Cc1cccc(Cl)c1. The first-order valence-electron chi connectivity index (χ1n) is 7.43. The van der Waals surface area contributed by atoms with Gasteiger partial charge in [-0.2, -0.15) is 0 Å². The molecular weight excluding hydrogens is 256 g/mol. The largest absolute Gasteiger partial charge is 0.328 e. The lowest BCUT2D eigenvalue weighted by atomic mass is 9.94. The van der Waals surface area contributed by atoms with Gasteiger partial charge in [0, 0.05) is 23.7 Å². The summed E-state index contributed by atoms with van der Waals surface area (Å²) in [5.41, 5.74) is 7.45. The summed E-state index contributed by atoms with van der Waals surface area (Å²) in [6.45, 7) is 4.37. The number of nitrogens with two attached hydrogens (primary N) is 1. The van der Waals surface area contributed by atoms with Gasteiger partial charge in [0.25, 0.3) is 0 Å². The Labute approximate surface area is 121 Å². The second-order valence-electron chi connectivity index (χ2n) is 5.65. The van der Waals surface area contributed by atoms with Crippen LogP contribution >= 0.6 is 11.6 Å². The third-order valence-electron chi connectivity index (χ3n) is 4.12. The molecule has 2 rings (SSSR count). The van der Waals surface area contributed by atoms with Crippen LogP contribution < -0.4 is 5.73 Å². The zero-order chi connectivity index (χ0) is 13.7. The number of benzene rings is 1. The Bertz CT molecular complexity index is 394. The molecule has 0 amide bonds. The highest BCUT2D eigenvalue weighted by molar-refractivity contribution is 6.30. The minimum absolute atomic E-state index is 0.338. The van der Waals surface area contributed by atoms with Crippen LogP contribution in [0.2, 0.25) is 5.02 Å². The molecule has 1 aromatic carbocycles. The number of nitrogens with zero attached hydrogens (tertiary/aromatic N) is 1. The van der Waals surface area contributed by atoms with Gasteiger partial charge in [-0.1, -0.05) is 37.1 Å². The molecule has 106 valence electrons. The minimum atomic E-state index is 0.338. The summed E-state index contributed by atoms with van der Waals surface area (Å²) in [5.74, 6) is 0. The van der Waals surface area contributed by atoms with E-state index in [1.807, 2.05) is 12.1 Å². The van der Waals surface area contributed by atoms with E-state index in [-0.39, 0.29) is 0 Å². The van der Waals surface area contributed by atoms with E-state index in [0.717, 1.165) is 24.4 Å². The summed E-state index contributed by atoms with van der Waals surface area (Å²) in [5, 5.41) is 0.830. The van der Waals surface area contributed by atoms with Crippen LogP contribution in [0.1, 0.15) is 44.6 Å². The van der Waals surface area contributed by atoms with Gasteiger partial charge in [0.1, 0.15) is 0 Å². The van der Waals surface area contributed by atoms with E-state index in [0.29, 0.717) is 12.1 Å². The molecule has 1 fully saturated rings. The zero-order valence-electron chi connectivity index (χ0n) is 11.8. The molecular formula is C16H25ClN2. The molecule has 2 unspecified atom stereocenters. The predicted octanol–water partition coefficient (Wildman–Crippen LogP) is 3.82. The molecule has 1 aliphatic rings. The van der Waals surface area contributed by atoms with E-state index in [4.69, 9.17) is 17.3 Å². The van der Waals surface area contributed by atoms with Crippen LogP contribution in [0, 0.1) is 0 Å². The molecule has 2 atom stereocenters. The molecule has 1 aromatic rings. The van der Waals surface area contributed by atoms with Crippen molar-refractivity contribution >= 4 is 11.6 Å². The van der Waals surface area contributed by atoms with Gasteiger partial charge in [-0.15, -0.1) is 0 Å². The normalized spacial score (nSPS) is 22.4. The second-order valence-corrected chi connectivity index (χ2v) is 6.09. The van der Waals surface area contributed by atoms with Crippen molar-refractivity contribution in [3.63, 3.8) is 0 Å². The van der Waals surface area contributed by atoms with E-state index in [1.54, 1.807) is 0 Å². The molecule has 0 radical (unpaired) electrons. The quantitative estimate of drug-likeness (QED) is 0.888. The van der Waals surface area contributed by atoms with Crippen molar-refractivity contribution in [2.45, 2.75) is 57.7 Å². The molecule has 2 N–H and O–H groups in total. The van der Waals surface area contributed by atoms with Gasteiger partial charge in [0.15, 0.2) is 0 Å². The summed E-state index contributed by atoms with van der Waals surface area (Å²) < 4.78 is 0. The average Bonchev–Trinajstić information content (AvgIpc) is 2.41. The maximum Gasteiger partial charge on any atom is 0.0409 e. The highest BCUT2D eigenvalue weighted by Crippen LogP contribution is 2.24. The lowest BCUT2D eigenvalue weighted by Crippen LogP contribution is -2.42. The third kappa shape index (κ3) is 4.48. The fraction of sp³-hybridized carbons (Fsp3) is 0.625. The Morgan fingerprint density at radius 2 is 2.26 bits per heavy atom. The first-order chi connectivity index (χ1) is 9.19. The summed E-state index contributed by atoms with van der Waals surface area (Å²) in [7, 11) is 0. The van der Waals surface area contributed by atoms with Gasteiger partial charge in [0.05, 0.1) is 0 Å². The summed E-state index contributed by atoms with van der Waals surface area (Å²) in [6, 6.07) is 9.19. The van der Waals surface area contributed by atoms with E-state index in [1.165, 1.54) is 31.4 Å². The van der Waals surface area contributed by atoms with Crippen molar-refractivity contribution in [1.29, 1.82) is 0 Å². The fourth-order valence-electron chi connectivity index (χ4n) is 2.92. The van der Waals surface area contributed by atoms with E-state index < -0.39 is 0 Å². The second kappa shape index (κ2) is 7.28. The van der Waals surface area contributed by atoms with Gasteiger partial charge >= 0.3 is 0 Å². The van der Waals surface area contributed by atoms with Crippen molar-refractivity contribution in [3.8, 4) is 0 Å². The fourth-order valence-corrected chi connectivity index (χ4v) is 3.13. The number of hydrogen-bond acceptors (Lipinski definition) is 2. The number of halogens is 1. The summed E-state index contributed by atoms with van der Waals surface area (Å²) in [6.07, 6.45) is 6.12. The first kappa shape index (κ1) is 14.8. The molecule has 0 aliphatic carbocycles. The highest BCUT2D eigenvalue weighted by Gasteiger charge is 2.23. The van der Waals surface area contributed by atoms with E-state index in [9.17, 15) is 0 Å². The third-order valence-corrected chi connectivity index (χ3v) is 4.36. The minimum Gasteiger partial charge on any atom is -0.328 e. The van der Waals surface area contributed by atoms with Crippen LogP contribution in [-0.2, 0) is 6.54 Å². The smallest absolute Gasteiger partial charge is 0.0409 e. The maximum absolute atomic E-state index is 6.14. The highest BCUT2D eigenvalue weighted by atomic mass is 35.5. The van der Waals surface area contributed by atoms with Crippen molar-refractivity contribution in [1.82, 2.24) is 4.90 Å². The predicted molar refractivity (Wildman–Crippen MR) is 82.4 cm³/mol. The topological polar surface area (TPSA) is 29.3 Å². The summed E-state index contributed by atoms with van der Waals surface area (Å²) in [4.78, 5) is 2.59. The number of piperidine rings is 1. The monoisotopic (exact) mass is 280 g/mol. The van der Waals surface area contributed by atoms with E-state index >= 15 is 0 Å². The van der Waals surface area contributed by atoms with Crippen molar-refractivity contribution in [3.05, 3.63) is 34.9 Å². The number of likely N-dealkylation sites (tertiary alicyclic amines) is 1. The van der Waals surface area contributed by atoms with Crippen LogP contribution in [0.5, 0.6) is 0 Å². The molecule has 2 nitrogen and oxygen atoms in total. The van der Waals surface area contributed by atoms with Crippen LogP contribution in [0.15, 0.2) is 24.3 Å². The maximum atomic E-state index is 6.14. The van der Waals surface area contributed by atoms with Gasteiger partial charge in [-0.25, -0.2) is 0 Å². The zero-order valence-corrected chi connectivity index (χ0v) is 12.6. The van der Waals surface area contributed by atoms with Crippen molar-refractivity contribution in [2.24, 2.45) is 5.73 Å². The molecule has 0 saturated carbocycles. The van der Waals surface area contributed by atoms with Crippen LogP contribution in [0.25, 0.3) is 0 Å². The molecule has 1 aliphatic heterocycles. The Balaban J connectivity index is 1.99. The molecule has 3 heteroatoms. The molecule has 19 heavy (non-hydrogen) atoms. The van der Waals surface area contributed by atoms with Gasteiger partial charge in [0.2, 0.25) is 0 Å². The van der Waals surface area contributed by atoms with E-state index in [2.05, 4.69) is 24.0 Å². The van der Waals surface area contributed by atoms with Gasteiger partial charge in [-0.3, -0.25) is 4.90 Å². The molecule has 0 spiro atoms. The first-order valence-corrected chi connectivity index (χ1v) is 7.81. The Morgan fingerprint density at radius 1 is 1.42 bits per heavy atom. The van der Waals surface area contributed by atoms with Crippen molar-refractivity contribution < 1.29 is 0 Å². The lowest BCUT2D eigenvalue weighted by molar-refractivity contribution is 0.126. The molecule has 0 aromatic heterocycles. The lowest BCUT2D eigenvalue weighted by Gasteiger charge is -2.37. The number of rotatable bonds is 5. The molecule has 0 bridgehead atoms. The van der Waals surface area contributed by atoms with Crippen LogP contribution in [0.3, 0.4) is 0 Å².